The molecule has 0 saturated carbocycles. The average Bonchev–Trinajstić information content (AvgIpc) is 3.27. The Balaban J connectivity index is 1.65. The second-order valence-corrected chi connectivity index (χ2v) is 6.50. The molecular formula is C18H25N3O2. The molecule has 2 aliphatic heterocycles. The fourth-order valence-electron chi connectivity index (χ4n) is 3.51. The minimum atomic E-state index is -0.440. The molecule has 23 heavy (non-hydrogen) atoms. The number of anilines is 1. The number of benzene rings is 1. The van der Waals surface area contributed by atoms with Gasteiger partial charge in [0.2, 0.25) is 5.91 Å². The number of likely N-dealkylation sites (tertiary alicyclic amines) is 1. The minimum Gasteiger partial charge on any atom is -0.339 e. The van der Waals surface area contributed by atoms with E-state index in [9.17, 15) is 9.59 Å². The predicted molar refractivity (Wildman–Crippen MR) is 90.5 cm³/mol. The maximum atomic E-state index is 12.5. The lowest BCUT2D eigenvalue weighted by atomic mass is 9.93. The van der Waals surface area contributed by atoms with Gasteiger partial charge in [0, 0.05) is 24.3 Å². The third kappa shape index (κ3) is 3.24. The van der Waals surface area contributed by atoms with Gasteiger partial charge in [-0.25, -0.2) is 0 Å². The van der Waals surface area contributed by atoms with Gasteiger partial charge in [0.15, 0.2) is 0 Å². The second kappa shape index (κ2) is 6.71. The summed E-state index contributed by atoms with van der Waals surface area (Å²) in [5.74, 6) is 0.110. The number of nitrogens with one attached hydrogen (secondary N) is 2. The van der Waals surface area contributed by atoms with Crippen molar-refractivity contribution in [3.63, 3.8) is 0 Å². The summed E-state index contributed by atoms with van der Waals surface area (Å²) in [6, 6.07) is 7.24. The van der Waals surface area contributed by atoms with Crippen LogP contribution in [0.3, 0.4) is 0 Å². The summed E-state index contributed by atoms with van der Waals surface area (Å²) in [5.41, 5.74) is 0.993. The molecule has 124 valence electrons. The van der Waals surface area contributed by atoms with Gasteiger partial charge in [-0.1, -0.05) is 6.92 Å². The van der Waals surface area contributed by atoms with Crippen molar-refractivity contribution in [3.8, 4) is 0 Å². The van der Waals surface area contributed by atoms with Crippen molar-refractivity contribution in [2.24, 2.45) is 0 Å². The van der Waals surface area contributed by atoms with Crippen LogP contribution in [0.25, 0.3) is 0 Å². The largest absolute Gasteiger partial charge is 0.339 e. The Hall–Kier alpha value is -1.88. The van der Waals surface area contributed by atoms with E-state index < -0.39 is 5.54 Å². The first-order valence-corrected chi connectivity index (χ1v) is 8.60. The third-order valence-corrected chi connectivity index (χ3v) is 5.06. The fraction of sp³-hybridized carbons (Fsp3) is 0.556. The van der Waals surface area contributed by atoms with Crippen LogP contribution < -0.4 is 10.6 Å². The normalized spacial score (nSPS) is 24.0. The Bertz CT molecular complexity index is 570. The van der Waals surface area contributed by atoms with E-state index in [0.29, 0.717) is 5.56 Å². The van der Waals surface area contributed by atoms with Crippen molar-refractivity contribution < 1.29 is 9.59 Å². The lowest BCUT2D eigenvalue weighted by Crippen LogP contribution is -2.50. The number of hydrogen-bond donors (Lipinski definition) is 2. The van der Waals surface area contributed by atoms with Gasteiger partial charge in [0.25, 0.3) is 5.91 Å². The highest BCUT2D eigenvalue weighted by Crippen LogP contribution is 2.25. The maximum Gasteiger partial charge on any atom is 0.253 e. The molecule has 2 fully saturated rings. The summed E-state index contributed by atoms with van der Waals surface area (Å²) in [4.78, 5) is 26.8. The van der Waals surface area contributed by atoms with Crippen LogP contribution in [0.4, 0.5) is 5.69 Å². The molecule has 0 spiro atoms. The molecule has 3 rings (SSSR count). The quantitative estimate of drug-likeness (QED) is 0.897. The first kappa shape index (κ1) is 16.0. The zero-order valence-corrected chi connectivity index (χ0v) is 13.7. The number of hydrogen-bond acceptors (Lipinski definition) is 3. The fourth-order valence-corrected chi connectivity index (χ4v) is 3.51. The molecule has 5 nitrogen and oxygen atoms in total. The molecule has 2 N–H and O–H groups in total. The monoisotopic (exact) mass is 315 g/mol. The Morgan fingerprint density at radius 1 is 1.17 bits per heavy atom. The number of rotatable bonds is 4. The van der Waals surface area contributed by atoms with Crippen molar-refractivity contribution in [1.29, 1.82) is 0 Å². The van der Waals surface area contributed by atoms with Gasteiger partial charge in [0.05, 0.1) is 5.54 Å². The Morgan fingerprint density at radius 2 is 1.87 bits per heavy atom. The molecule has 1 aromatic carbocycles. The predicted octanol–water partition coefficient (Wildman–Crippen LogP) is 2.39. The zero-order valence-electron chi connectivity index (χ0n) is 13.7. The van der Waals surface area contributed by atoms with E-state index in [4.69, 9.17) is 0 Å². The van der Waals surface area contributed by atoms with Crippen LogP contribution in [0.2, 0.25) is 0 Å². The number of nitrogens with zero attached hydrogens (tertiary/aromatic N) is 1. The van der Waals surface area contributed by atoms with Gasteiger partial charge in [-0.3, -0.25) is 9.59 Å². The summed E-state index contributed by atoms with van der Waals surface area (Å²) in [7, 11) is 0. The van der Waals surface area contributed by atoms with E-state index in [2.05, 4.69) is 10.6 Å². The van der Waals surface area contributed by atoms with Gasteiger partial charge < -0.3 is 15.5 Å². The molecule has 0 radical (unpaired) electrons. The topological polar surface area (TPSA) is 61.4 Å². The first-order valence-electron chi connectivity index (χ1n) is 8.60. The van der Waals surface area contributed by atoms with Gasteiger partial charge in [0.1, 0.15) is 0 Å². The Morgan fingerprint density at radius 3 is 2.43 bits per heavy atom. The highest BCUT2D eigenvalue weighted by Gasteiger charge is 2.39. The van der Waals surface area contributed by atoms with Crippen molar-refractivity contribution >= 4 is 17.5 Å². The second-order valence-electron chi connectivity index (χ2n) is 6.50. The first-order chi connectivity index (χ1) is 11.1. The molecule has 2 saturated heterocycles. The van der Waals surface area contributed by atoms with E-state index in [1.165, 1.54) is 0 Å². The molecule has 0 bridgehead atoms. The van der Waals surface area contributed by atoms with E-state index in [1.807, 2.05) is 24.0 Å². The smallest absolute Gasteiger partial charge is 0.253 e. The summed E-state index contributed by atoms with van der Waals surface area (Å²) < 4.78 is 0. The molecule has 1 unspecified atom stereocenters. The van der Waals surface area contributed by atoms with Crippen LogP contribution in [0.15, 0.2) is 24.3 Å². The van der Waals surface area contributed by atoms with Crippen LogP contribution in [-0.4, -0.2) is 41.9 Å². The van der Waals surface area contributed by atoms with Gasteiger partial charge >= 0.3 is 0 Å². The number of amides is 2. The highest BCUT2D eigenvalue weighted by atomic mass is 16.2. The van der Waals surface area contributed by atoms with Crippen molar-refractivity contribution in [2.45, 2.75) is 44.6 Å². The van der Waals surface area contributed by atoms with Crippen molar-refractivity contribution in [1.82, 2.24) is 10.2 Å². The lowest BCUT2D eigenvalue weighted by Gasteiger charge is -2.26. The van der Waals surface area contributed by atoms with Crippen LogP contribution in [-0.2, 0) is 4.79 Å². The summed E-state index contributed by atoms with van der Waals surface area (Å²) in [5, 5.41) is 6.32. The third-order valence-electron chi connectivity index (χ3n) is 5.06. The molecule has 5 heteroatoms. The summed E-state index contributed by atoms with van der Waals surface area (Å²) >= 11 is 0. The molecular weight excluding hydrogens is 290 g/mol. The van der Waals surface area contributed by atoms with Crippen molar-refractivity contribution in [2.75, 3.05) is 25.0 Å². The Labute approximate surface area is 137 Å². The number of carbonyl (C=O) groups excluding carboxylic acids is 2. The lowest BCUT2D eigenvalue weighted by molar-refractivity contribution is -0.122. The Kier molecular flexibility index (Phi) is 4.66. The average molecular weight is 315 g/mol. The van der Waals surface area contributed by atoms with E-state index in [0.717, 1.165) is 57.4 Å². The van der Waals surface area contributed by atoms with Gasteiger partial charge in [-0.05, 0) is 62.9 Å². The molecule has 2 amide bonds. The van der Waals surface area contributed by atoms with E-state index in [-0.39, 0.29) is 11.8 Å². The summed E-state index contributed by atoms with van der Waals surface area (Å²) in [6.07, 6.45) is 4.87. The van der Waals surface area contributed by atoms with E-state index in [1.54, 1.807) is 12.1 Å². The van der Waals surface area contributed by atoms with Crippen LogP contribution in [0.1, 0.15) is 49.4 Å². The SMILES string of the molecule is CCC1(C(=O)Nc2ccc(C(=O)N3CCCC3)cc2)CCCN1. The number of carbonyl (C=O) groups is 2. The van der Waals surface area contributed by atoms with Crippen LogP contribution in [0, 0.1) is 0 Å². The molecule has 2 heterocycles. The molecule has 1 aromatic rings. The van der Waals surface area contributed by atoms with Crippen molar-refractivity contribution in [3.05, 3.63) is 29.8 Å². The molecule has 2 aliphatic rings. The van der Waals surface area contributed by atoms with Gasteiger partial charge in [-0.2, -0.15) is 0 Å². The minimum absolute atomic E-state index is 0.0242. The van der Waals surface area contributed by atoms with E-state index >= 15 is 0 Å². The zero-order chi connectivity index (χ0) is 16.3. The van der Waals surface area contributed by atoms with Crippen LogP contribution in [0.5, 0.6) is 0 Å². The van der Waals surface area contributed by atoms with Gasteiger partial charge in [-0.15, -0.1) is 0 Å². The molecule has 1 atom stereocenters. The van der Waals surface area contributed by atoms with Crippen LogP contribution >= 0.6 is 0 Å². The molecule has 0 aromatic heterocycles. The maximum absolute atomic E-state index is 12.5. The summed E-state index contributed by atoms with van der Waals surface area (Å²) in [6.45, 7) is 4.63. The molecule has 0 aliphatic carbocycles. The highest BCUT2D eigenvalue weighted by molar-refractivity contribution is 5.99. The standard InChI is InChI=1S/C18H25N3O2/c1-2-18(10-5-11-19-18)17(23)20-15-8-6-14(7-9-15)16(22)21-12-3-4-13-21/h6-9,19H,2-5,10-13H2,1H3,(H,20,23).